The number of benzene rings is 1. The summed E-state index contributed by atoms with van der Waals surface area (Å²) in [7, 11) is -4.37. The first-order valence-corrected chi connectivity index (χ1v) is 7.97. The van der Waals surface area contributed by atoms with Gasteiger partial charge in [-0.3, -0.25) is 0 Å². The van der Waals surface area contributed by atoms with Crippen molar-refractivity contribution in [2.45, 2.75) is 30.3 Å². The molecule has 0 amide bonds. The van der Waals surface area contributed by atoms with E-state index in [-0.39, 0.29) is 18.0 Å². The number of likely N-dealkylation sites (tertiary alicyclic amines) is 1. The molecule has 1 aromatic carbocycles. The third-order valence-electron chi connectivity index (χ3n) is 3.16. The number of hydrogen-bond acceptors (Lipinski definition) is 2. The summed E-state index contributed by atoms with van der Waals surface area (Å²) in [5.41, 5.74) is 0. The van der Waals surface area contributed by atoms with E-state index in [9.17, 15) is 21.6 Å². The van der Waals surface area contributed by atoms with E-state index in [4.69, 9.17) is 0 Å². The van der Waals surface area contributed by atoms with E-state index < -0.39 is 22.0 Å². The largest absolute Gasteiger partial charge is 0.450 e. The smallest absolute Gasteiger partial charge is 0.352 e. The standard InChI is InChI=1S/C13H15F3N2O2S/c14-13(15,16)12(18-9-5-2-6-10-18)17-21(19,20)11-7-3-1-4-8-11/h1,3-4,7-8H,2,5-6,9-10H2. The van der Waals surface area contributed by atoms with Gasteiger partial charge >= 0.3 is 6.18 Å². The summed E-state index contributed by atoms with van der Waals surface area (Å²) in [5.74, 6) is -1.33. The molecule has 0 saturated carbocycles. The molecule has 0 aromatic heterocycles. The second-order valence-electron chi connectivity index (χ2n) is 4.75. The molecule has 8 heteroatoms. The summed E-state index contributed by atoms with van der Waals surface area (Å²) in [4.78, 5) is 0.757. The summed E-state index contributed by atoms with van der Waals surface area (Å²) < 4.78 is 66.4. The van der Waals surface area contributed by atoms with Gasteiger partial charge < -0.3 is 4.90 Å². The Morgan fingerprint density at radius 3 is 2.14 bits per heavy atom. The summed E-state index contributed by atoms with van der Waals surface area (Å²) in [6.07, 6.45) is -2.76. The number of alkyl halides is 3. The summed E-state index contributed by atoms with van der Waals surface area (Å²) in [6.45, 7) is 0.339. The maximum atomic E-state index is 13.1. The molecule has 0 N–H and O–H groups in total. The Hall–Kier alpha value is -1.57. The van der Waals surface area contributed by atoms with E-state index in [0.29, 0.717) is 12.8 Å². The second kappa shape index (κ2) is 6.05. The quantitative estimate of drug-likeness (QED) is 0.622. The van der Waals surface area contributed by atoms with Crippen LogP contribution < -0.4 is 0 Å². The van der Waals surface area contributed by atoms with Crippen LogP contribution in [0.25, 0.3) is 0 Å². The van der Waals surface area contributed by atoms with Gasteiger partial charge in [0, 0.05) is 13.1 Å². The number of amidine groups is 1. The fraction of sp³-hybridized carbons (Fsp3) is 0.462. The molecule has 0 unspecified atom stereocenters. The van der Waals surface area contributed by atoms with E-state index in [1.54, 1.807) is 6.07 Å². The molecule has 2 rings (SSSR count). The van der Waals surface area contributed by atoms with Crippen LogP contribution in [0.4, 0.5) is 13.2 Å². The maximum absolute atomic E-state index is 13.1. The molecular weight excluding hydrogens is 305 g/mol. The highest BCUT2D eigenvalue weighted by Crippen LogP contribution is 2.25. The van der Waals surface area contributed by atoms with Crippen LogP contribution in [0.15, 0.2) is 39.6 Å². The van der Waals surface area contributed by atoms with Gasteiger partial charge in [0.1, 0.15) is 0 Å². The van der Waals surface area contributed by atoms with Crippen molar-refractivity contribution in [2.24, 2.45) is 4.40 Å². The van der Waals surface area contributed by atoms with Crippen molar-refractivity contribution in [3.8, 4) is 0 Å². The molecule has 1 aromatic rings. The third kappa shape index (κ3) is 3.96. The zero-order valence-electron chi connectivity index (χ0n) is 11.2. The fourth-order valence-electron chi connectivity index (χ4n) is 2.15. The summed E-state index contributed by atoms with van der Waals surface area (Å²) in [6, 6.07) is 6.91. The van der Waals surface area contributed by atoms with E-state index in [0.717, 1.165) is 11.3 Å². The first kappa shape index (κ1) is 15.8. The van der Waals surface area contributed by atoms with Gasteiger partial charge in [-0.25, -0.2) is 0 Å². The Morgan fingerprint density at radius 1 is 1.05 bits per heavy atom. The number of nitrogens with zero attached hydrogens (tertiary/aromatic N) is 2. The highest BCUT2D eigenvalue weighted by atomic mass is 32.2. The molecule has 1 saturated heterocycles. The molecule has 0 spiro atoms. The number of sulfonamides is 1. The average Bonchev–Trinajstić information content (AvgIpc) is 2.46. The van der Waals surface area contributed by atoms with Crippen LogP contribution in [0.5, 0.6) is 0 Å². The lowest BCUT2D eigenvalue weighted by atomic mass is 10.1. The van der Waals surface area contributed by atoms with Crippen molar-refractivity contribution in [3.63, 3.8) is 0 Å². The highest BCUT2D eigenvalue weighted by molar-refractivity contribution is 7.90. The lowest BCUT2D eigenvalue weighted by Crippen LogP contribution is -2.44. The van der Waals surface area contributed by atoms with Crippen molar-refractivity contribution < 1.29 is 21.6 Å². The van der Waals surface area contributed by atoms with E-state index >= 15 is 0 Å². The molecule has 4 nitrogen and oxygen atoms in total. The minimum absolute atomic E-state index is 0.169. The first-order valence-electron chi connectivity index (χ1n) is 6.53. The van der Waals surface area contributed by atoms with Crippen LogP contribution in [-0.4, -0.2) is 38.4 Å². The molecule has 0 bridgehead atoms. The summed E-state index contributed by atoms with van der Waals surface area (Å²) >= 11 is 0. The van der Waals surface area contributed by atoms with Crippen LogP contribution >= 0.6 is 0 Å². The van der Waals surface area contributed by atoms with Gasteiger partial charge in [-0.05, 0) is 31.4 Å². The molecule has 1 fully saturated rings. The molecule has 116 valence electrons. The summed E-state index contributed by atoms with van der Waals surface area (Å²) in [5, 5.41) is 0. The van der Waals surface area contributed by atoms with Crippen molar-refractivity contribution >= 4 is 15.9 Å². The molecule has 1 aliphatic rings. The zero-order chi connectivity index (χ0) is 15.5. The van der Waals surface area contributed by atoms with Gasteiger partial charge in [-0.1, -0.05) is 18.2 Å². The Morgan fingerprint density at radius 2 is 1.62 bits per heavy atom. The van der Waals surface area contributed by atoms with Crippen molar-refractivity contribution in [3.05, 3.63) is 30.3 Å². The minimum Gasteiger partial charge on any atom is -0.352 e. The number of rotatable bonds is 2. The monoisotopic (exact) mass is 320 g/mol. The lowest BCUT2D eigenvalue weighted by molar-refractivity contribution is -0.0693. The van der Waals surface area contributed by atoms with Crippen molar-refractivity contribution in [1.82, 2.24) is 4.90 Å². The topological polar surface area (TPSA) is 49.7 Å². The SMILES string of the molecule is O=S(=O)(N=C(N1CCCCC1)C(F)(F)F)c1ccccc1. The molecule has 0 radical (unpaired) electrons. The Kier molecular flexibility index (Phi) is 4.55. The van der Waals surface area contributed by atoms with Crippen LogP contribution in [0.2, 0.25) is 0 Å². The van der Waals surface area contributed by atoms with Crippen molar-refractivity contribution in [2.75, 3.05) is 13.1 Å². The van der Waals surface area contributed by atoms with Crippen LogP contribution in [0.1, 0.15) is 19.3 Å². The van der Waals surface area contributed by atoms with Gasteiger partial charge in [0.2, 0.25) is 5.84 Å². The van der Waals surface area contributed by atoms with Crippen molar-refractivity contribution in [1.29, 1.82) is 0 Å². The molecule has 21 heavy (non-hydrogen) atoms. The van der Waals surface area contributed by atoms with Crippen LogP contribution in [-0.2, 0) is 10.0 Å². The van der Waals surface area contributed by atoms with Gasteiger partial charge in [-0.2, -0.15) is 21.6 Å². The van der Waals surface area contributed by atoms with E-state index in [1.165, 1.54) is 24.3 Å². The predicted octanol–water partition coefficient (Wildman–Crippen LogP) is 2.82. The highest BCUT2D eigenvalue weighted by Gasteiger charge is 2.41. The second-order valence-corrected chi connectivity index (χ2v) is 6.35. The van der Waals surface area contributed by atoms with Gasteiger partial charge in [0.05, 0.1) is 4.90 Å². The molecule has 0 aliphatic carbocycles. The predicted molar refractivity (Wildman–Crippen MR) is 72.5 cm³/mol. The first-order chi connectivity index (χ1) is 9.81. The van der Waals surface area contributed by atoms with Gasteiger partial charge in [-0.15, -0.1) is 4.40 Å². The molecule has 1 aliphatic heterocycles. The van der Waals surface area contributed by atoms with Gasteiger partial charge in [0.25, 0.3) is 10.0 Å². The molecule has 0 atom stereocenters. The maximum Gasteiger partial charge on any atom is 0.450 e. The normalized spacial score (nSPS) is 17.9. The number of hydrogen-bond donors (Lipinski definition) is 0. The van der Waals surface area contributed by atoms with E-state index in [1.807, 2.05) is 0 Å². The zero-order valence-corrected chi connectivity index (χ0v) is 12.0. The Labute approximate surface area is 121 Å². The Balaban J connectivity index is 2.41. The third-order valence-corrected chi connectivity index (χ3v) is 4.44. The number of halogens is 3. The average molecular weight is 320 g/mol. The fourth-order valence-corrected chi connectivity index (χ4v) is 3.21. The van der Waals surface area contributed by atoms with E-state index in [2.05, 4.69) is 4.40 Å². The lowest BCUT2D eigenvalue weighted by Gasteiger charge is -2.30. The molecule has 1 heterocycles. The Bertz CT molecular complexity index is 606. The minimum atomic E-state index is -4.79. The number of piperidine rings is 1. The molecular formula is C13H15F3N2O2S. The van der Waals surface area contributed by atoms with Gasteiger partial charge in [0.15, 0.2) is 0 Å². The van der Waals surface area contributed by atoms with Crippen LogP contribution in [0, 0.1) is 0 Å². The van der Waals surface area contributed by atoms with Crippen LogP contribution in [0.3, 0.4) is 0 Å².